The molecule has 1 aromatic rings. The summed E-state index contributed by atoms with van der Waals surface area (Å²) in [5.74, 6) is -0.635. The summed E-state index contributed by atoms with van der Waals surface area (Å²) in [6, 6.07) is 3.89. The Kier molecular flexibility index (Phi) is 11.1. The van der Waals surface area contributed by atoms with Gasteiger partial charge in [-0.1, -0.05) is 20.3 Å². The van der Waals surface area contributed by atoms with Crippen LogP contribution in [0.25, 0.3) is 0 Å². The van der Waals surface area contributed by atoms with Crippen molar-refractivity contribution in [2.75, 3.05) is 19.7 Å². The molecule has 0 fully saturated rings. The molecule has 0 radical (unpaired) electrons. The van der Waals surface area contributed by atoms with Gasteiger partial charge < -0.3 is 19.1 Å². The van der Waals surface area contributed by atoms with E-state index in [-0.39, 0.29) is 43.2 Å². The Morgan fingerprint density at radius 2 is 1.86 bits per heavy atom. The quantitative estimate of drug-likeness (QED) is 0.471. The number of carbonyl (C=O) groups is 3. The van der Waals surface area contributed by atoms with E-state index in [4.69, 9.17) is 4.74 Å². The van der Waals surface area contributed by atoms with Gasteiger partial charge in [0, 0.05) is 37.9 Å². The van der Waals surface area contributed by atoms with E-state index in [1.807, 2.05) is 48.7 Å². The molecule has 164 valence electrons. The number of carbonyl (C=O) groups excluding carboxylic acids is 3. The second-order valence-electron chi connectivity index (χ2n) is 7.36. The lowest BCUT2D eigenvalue weighted by molar-refractivity contribution is -0.147. The Labute approximate surface area is 175 Å². The maximum absolute atomic E-state index is 13.1. The molecular weight excluding hydrogens is 370 g/mol. The number of amides is 2. The van der Waals surface area contributed by atoms with Crippen LogP contribution in [0.2, 0.25) is 0 Å². The highest BCUT2D eigenvalue weighted by Crippen LogP contribution is 2.12. The number of aromatic nitrogens is 1. The van der Waals surface area contributed by atoms with E-state index in [9.17, 15) is 14.4 Å². The monoisotopic (exact) mass is 407 g/mol. The van der Waals surface area contributed by atoms with Crippen LogP contribution in [0.4, 0.5) is 0 Å². The first-order chi connectivity index (χ1) is 13.8. The summed E-state index contributed by atoms with van der Waals surface area (Å²) in [5.41, 5.74) is 1.05. The van der Waals surface area contributed by atoms with Gasteiger partial charge in [0.2, 0.25) is 11.8 Å². The van der Waals surface area contributed by atoms with Crippen molar-refractivity contribution in [2.45, 2.75) is 72.4 Å². The fourth-order valence-corrected chi connectivity index (χ4v) is 3.04. The average Bonchev–Trinajstić information content (AvgIpc) is 3.11. The first-order valence-electron chi connectivity index (χ1n) is 10.7. The number of esters is 1. The van der Waals surface area contributed by atoms with Gasteiger partial charge in [-0.25, -0.2) is 0 Å². The van der Waals surface area contributed by atoms with Crippen molar-refractivity contribution in [2.24, 2.45) is 7.05 Å². The Bertz CT molecular complexity index is 656. The molecule has 29 heavy (non-hydrogen) atoms. The minimum absolute atomic E-state index is 0.0325. The molecule has 0 aliphatic carbocycles. The van der Waals surface area contributed by atoms with Crippen molar-refractivity contribution < 1.29 is 19.1 Å². The van der Waals surface area contributed by atoms with E-state index < -0.39 is 0 Å². The number of rotatable bonds is 13. The molecule has 0 saturated heterocycles. The predicted molar refractivity (Wildman–Crippen MR) is 113 cm³/mol. The molecule has 1 atom stereocenters. The first-order valence-corrected chi connectivity index (χ1v) is 10.7. The molecule has 1 rings (SSSR count). The zero-order valence-electron chi connectivity index (χ0n) is 18.6. The Hall–Kier alpha value is -2.31. The number of unbranched alkanes of at least 4 members (excludes halogenated alkanes) is 1. The summed E-state index contributed by atoms with van der Waals surface area (Å²) in [4.78, 5) is 40.9. The van der Waals surface area contributed by atoms with Crippen LogP contribution >= 0.6 is 0 Å². The Morgan fingerprint density at radius 3 is 2.41 bits per heavy atom. The highest BCUT2D eigenvalue weighted by atomic mass is 16.5. The lowest BCUT2D eigenvalue weighted by Crippen LogP contribution is -2.46. The van der Waals surface area contributed by atoms with E-state index in [2.05, 4.69) is 6.92 Å². The van der Waals surface area contributed by atoms with Crippen molar-refractivity contribution in [3.63, 3.8) is 0 Å². The summed E-state index contributed by atoms with van der Waals surface area (Å²) >= 11 is 0. The number of hydrogen-bond acceptors (Lipinski definition) is 4. The average molecular weight is 408 g/mol. The van der Waals surface area contributed by atoms with E-state index in [0.717, 1.165) is 25.0 Å². The van der Waals surface area contributed by atoms with Gasteiger partial charge in [-0.3, -0.25) is 14.4 Å². The van der Waals surface area contributed by atoms with Gasteiger partial charge in [-0.2, -0.15) is 0 Å². The molecule has 0 aromatic carbocycles. The van der Waals surface area contributed by atoms with Crippen molar-refractivity contribution in [1.82, 2.24) is 14.4 Å². The van der Waals surface area contributed by atoms with Gasteiger partial charge in [-0.05, 0) is 38.8 Å². The minimum atomic E-state index is -0.385. The van der Waals surface area contributed by atoms with E-state index in [1.165, 1.54) is 0 Å². The van der Waals surface area contributed by atoms with Crippen LogP contribution < -0.4 is 0 Å². The second-order valence-corrected chi connectivity index (χ2v) is 7.36. The molecule has 2 amide bonds. The number of ether oxygens (including phenoxy) is 1. The van der Waals surface area contributed by atoms with Crippen LogP contribution in [0.3, 0.4) is 0 Å². The summed E-state index contributed by atoms with van der Waals surface area (Å²) in [5, 5.41) is 0. The van der Waals surface area contributed by atoms with Crippen molar-refractivity contribution in [3.05, 3.63) is 24.0 Å². The molecule has 0 spiro atoms. The molecule has 1 aromatic heterocycles. The van der Waals surface area contributed by atoms with Gasteiger partial charge >= 0.3 is 5.97 Å². The summed E-state index contributed by atoms with van der Waals surface area (Å²) < 4.78 is 6.91. The number of aryl methyl sites for hydroxylation is 1. The second kappa shape index (κ2) is 13.0. The lowest BCUT2D eigenvalue weighted by Gasteiger charge is -2.31. The zero-order valence-corrected chi connectivity index (χ0v) is 18.6. The smallest absolute Gasteiger partial charge is 0.306 e. The molecule has 0 bridgehead atoms. The van der Waals surface area contributed by atoms with Gasteiger partial charge in [0.05, 0.1) is 26.1 Å². The molecule has 1 heterocycles. The molecule has 1 unspecified atom stereocenters. The standard InChI is InChI=1S/C22H37N3O4/c1-6-9-15-24(16-19-11-10-14-23(19)5)21(27)17-25(18(4)7-2)20(26)12-13-22(28)29-8-3/h10-11,14,18H,6-9,12-13,15-17H2,1-5H3. The van der Waals surface area contributed by atoms with Crippen LogP contribution in [-0.4, -0.2) is 57.9 Å². The lowest BCUT2D eigenvalue weighted by atomic mass is 10.1. The summed E-state index contributed by atoms with van der Waals surface area (Å²) in [6.45, 7) is 9.26. The van der Waals surface area contributed by atoms with Gasteiger partial charge in [0.15, 0.2) is 0 Å². The van der Waals surface area contributed by atoms with Crippen LogP contribution in [-0.2, 0) is 32.7 Å². The van der Waals surface area contributed by atoms with E-state index in [0.29, 0.717) is 19.7 Å². The largest absolute Gasteiger partial charge is 0.466 e. The van der Waals surface area contributed by atoms with Crippen molar-refractivity contribution in [3.8, 4) is 0 Å². The van der Waals surface area contributed by atoms with E-state index >= 15 is 0 Å². The predicted octanol–water partition coefficient (Wildman–Crippen LogP) is 3.12. The van der Waals surface area contributed by atoms with Crippen LogP contribution in [0.15, 0.2) is 18.3 Å². The minimum Gasteiger partial charge on any atom is -0.466 e. The van der Waals surface area contributed by atoms with Crippen LogP contribution in [0.5, 0.6) is 0 Å². The first kappa shape index (κ1) is 24.7. The topological polar surface area (TPSA) is 71.9 Å². The van der Waals surface area contributed by atoms with Gasteiger partial charge in [-0.15, -0.1) is 0 Å². The fourth-order valence-electron chi connectivity index (χ4n) is 3.04. The van der Waals surface area contributed by atoms with E-state index in [1.54, 1.807) is 11.8 Å². The number of hydrogen-bond donors (Lipinski definition) is 0. The molecule has 7 heteroatoms. The third-order valence-corrected chi connectivity index (χ3v) is 5.14. The maximum Gasteiger partial charge on any atom is 0.306 e. The Morgan fingerprint density at radius 1 is 1.14 bits per heavy atom. The summed E-state index contributed by atoms with van der Waals surface area (Å²) in [6.07, 6.45) is 4.70. The molecule has 7 nitrogen and oxygen atoms in total. The molecular formula is C22H37N3O4. The fraction of sp³-hybridized carbons (Fsp3) is 0.682. The molecule has 0 aliphatic heterocycles. The summed E-state index contributed by atoms with van der Waals surface area (Å²) in [7, 11) is 1.96. The third-order valence-electron chi connectivity index (χ3n) is 5.14. The van der Waals surface area contributed by atoms with Gasteiger partial charge in [0.1, 0.15) is 0 Å². The normalized spacial score (nSPS) is 11.8. The van der Waals surface area contributed by atoms with Crippen LogP contribution in [0.1, 0.15) is 65.5 Å². The maximum atomic E-state index is 13.1. The molecule has 0 aliphatic rings. The highest BCUT2D eigenvalue weighted by molar-refractivity contribution is 5.86. The highest BCUT2D eigenvalue weighted by Gasteiger charge is 2.25. The number of nitrogens with zero attached hydrogens (tertiary/aromatic N) is 3. The molecule has 0 N–H and O–H groups in total. The SMILES string of the molecule is CCCCN(Cc1cccn1C)C(=O)CN(C(=O)CCC(=O)OCC)C(C)CC. The third kappa shape index (κ3) is 8.30. The van der Waals surface area contributed by atoms with Gasteiger partial charge in [0.25, 0.3) is 0 Å². The van der Waals surface area contributed by atoms with Crippen LogP contribution in [0, 0.1) is 0 Å². The van der Waals surface area contributed by atoms with Crippen molar-refractivity contribution >= 4 is 17.8 Å². The van der Waals surface area contributed by atoms with Crippen molar-refractivity contribution in [1.29, 1.82) is 0 Å². The molecule has 0 saturated carbocycles. The Balaban J connectivity index is 2.84. The zero-order chi connectivity index (χ0) is 21.8.